The summed E-state index contributed by atoms with van der Waals surface area (Å²) in [4.78, 5) is 0. The van der Waals surface area contributed by atoms with E-state index in [1.54, 1.807) is 0 Å². The van der Waals surface area contributed by atoms with Crippen molar-refractivity contribution in [1.82, 2.24) is 0 Å². The number of anilines is 1. The van der Waals surface area contributed by atoms with Gasteiger partial charge < -0.3 is 5.32 Å². The fraction of sp³-hybridized carbons (Fsp3) is 0.200. The van der Waals surface area contributed by atoms with Crippen LogP contribution in [0.5, 0.6) is 0 Å². The molecule has 2 heteroatoms. The molecule has 4 aromatic rings. The molecule has 5 rings (SSSR count). The summed E-state index contributed by atoms with van der Waals surface area (Å²) in [5.74, 6) is 0. The summed E-state index contributed by atoms with van der Waals surface area (Å²) in [6, 6.07) is 31.9. The Bertz CT molecular complexity index is 1260. The number of rotatable bonds is 5. The van der Waals surface area contributed by atoms with E-state index in [1.165, 1.54) is 53.8 Å². The average Bonchev–Trinajstić information content (AvgIpc) is 3.11. The maximum absolute atomic E-state index is 3.59. The van der Waals surface area contributed by atoms with Gasteiger partial charge in [0.2, 0.25) is 0 Å². The first-order valence-electron chi connectivity index (χ1n) is 11.4. The molecule has 0 unspecified atom stereocenters. The number of halogens is 1. The topological polar surface area (TPSA) is 12.0 Å². The molecule has 0 aliphatic heterocycles. The van der Waals surface area contributed by atoms with E-state index >= 15 is 0 Å². The van der Waals surface area contributed by atoms with E-state index in [2.05, 4.69) is 134 Å². The average molecular weight is 529 g/mol. The molecule has 1 nitrogen and oxygen atoms in total. The monoisotopic (exact) mass is 529 g/mol. The summed E-state index contributed by atoms with van der Waals surface area (Å²) >= 11 is 2.44. The Morgan fingerprint density at radius 1 is 0.719 bits per heavy atom. The van der Waals surface area contributed by atoms with E-state index in [9.17, 15) is 0 Å². The fourth-order valence-corrected chi connectivity index (χ4v) is 5.59. The quantitative estimate of drug-likeness (QED) is 0.227. The van der Waals surface area contributed by atoms with Crippen molar-refractivity contribution in [3.63, 3.8) is 0 Å². The summed E-state index contributed by atoms with van der Waals surface area (Å²) < 4.78 is 1.30. The molecule has 0 heterocycles. The molecule has 1 N–H and O–H groups in total. The van der Waals surface area contributed by atoms with E-state index in [0.29, 0.717) is 0 Å². The van der Waals surface area contributed by atoms with Gasteiger partial charge in [-0.15, -0.1) is 0 Å². The van der Waals surface area contributed by atoms with Gasteiger partial charge in [0, 0.05) is 15.8 Å². The Hall–Kier alpha value is -2.59. The number of nitrogens with one attached hydrogen (secondary N) is 1. The van der Waals surface area contributed by atoms with Crippen molar-refractivity contribution in [2.75, 3.05) is 11.9 Å². The highest BCUT2D eigenvalue weighted by atomic mass is 127. The highest BCUT2D eigenvalue weighted by Crippen LogP contribution is 2.56. The lowest BCUT2D eigenvalue weighted by molar-refractivity contribution is 0.765. The minimum absolute atomic E-state index is 0.323. The van der Waals surface area contributed by atoms with Crippen molar-refractivity contribution in [1.29, 1.82) is 0 Å². The van der Waals surface area contributed by atoms with Gasteiger partial charge in [0.1, 0.15) is 0 Å². The predicted octanol–water partition coefficient (Wildman–Crippen LogP) is 8.09. The van der Waals surface area contributed by atoms with Gasteiger partial charge in [0.15, 0.2) is 0 Å². The van der Waals surface area contributed by atoms with E-state index < -0.39 is 0 Å². The number of hydrogen-bond acceptors (Lipinski definition) is 1. The Morgan fingerprint density at radius 3 is 1.84 bits per heavy atom. The van der Waals surface area contributed by atoms with E-state index in [1.807, 2.05) is 0 Å². The molecule has 0 amide bonds. The molecule has 1 aliphatic carbocycles. The Balaban J connectivity index is 1.85. The molecule has 0 saturated heterocycles. The minimum atomic E-state index is -0.323. The standard InChI is InChI=1S/C30H28IN/c1-4-17-32-29-16-14-23(19-21(29)3)30(22-13-15-28(31)20(2)18-22)26-11-7-5-9-24(26)25-10-6-8-12-27(25)30/h5-16,18-19,32H,4,17H2,1-3H3. The molecule has 0 spiro atoms. The lowest BCUT2D eigenvalue weighted by atomic mass is 9.67. The Labute approximate surface area is 205 Å². The zero-order valence-electron chi connectivity index (χ0n) is 18.9. The van der Waals surface area contributed by atoms with Crippen LogP contribution in [0.4, 0.5) is 5.69 Å². The van der Waals surface area contributed by atoms with Crippen LogP contribution in [0.1, 0.15) is 46.7 Å². The molecule has 0 atom stereocenters. The van der Waals surface area contributed by atoms with Crippen molar-refractivity contribution >= 4 is 28.3 Å². The van der Waals surface area contributed by atoms with Crippen molar-refractivity contribution < 1.29 is 0 Å². The maximum Gasteiger partial charge on any atom is 0.0713 e. The molecule has 0 radical (unpaired) electrons. The van der Waals surface area contributed by atoms with Gasteiger partial charge in [-0.3, -0.25) is 0 Å². The van der Waals surface area contributed by atoms with E-state index in [-0.39, 0.29) is 5.41 Å². The van der Waals surface area contributed by atoms with E-state index in [4.69, 9.17) is 0 Å². The van der Waals surface area contributed by atoms with Crippen molar-refractivity contribution in [2.24, 2.45) is 0 Å². The van der Waals surface area contributed by atoms with Crippen LogP contribution in [-0.2, 0) is 5.41 Å². The first kappa shape index (κ1) is 21.3. The highest BCUT2D eigenvalue weighted by Gasteiger charge is 2.46. The largest absolute Gasteiger partial charge is 0.385 e. The lowest BCUT2D eigenvalue weighted by Gasteiger charge is -2.34. The molecule has 1 aliphatic rings. The van der Waals surface area contributed by atoms with Crippen molar-refractivity contribution in [2.45, 2.75) is 32.6 Å². The van der Waals surface area contributed by atoms with Gasteiger partial charge in [0.25, 0.3) is 0 Å². The van der Waals surface area contributed by atoms with Gasteiger partial charge in [-0.25, -0.2) is 0 Å². The predicted molar refractivity (Wildman–Crippen MR) is 145 cm³/mol. The minimum Gasteiger partial charge on any atom is -0.385 e. The van der Waals surface area contributed by atoms with Gasteiger partial charge in [-0.05, 0) is 99.5 Å². The third-order valence-electron chi connectivity index (χ3n) is 6.77. The number of aryl methyl sites for hydroxylation is 2. The second-order valence-electron chi connectivity index (χ2n) is 8.76. The number of fused-ring (bicyclic) bond motifs is 3. The zero-order chi connectivity index (χ0) is 22.3. The molecule has 4 aromatic carbocycles. The van der Waals surface area contributed by atoms with Crippen LogP contribution in [0.2, 0.25) is 0 Å². The van der Waals surface area contributed by atoms with Crippen LogP contribution in [0.15, 0.2) is 84.9 Å². The molecule has 0 fully saturated rings. The van der Waals surface area contributed by atoms with Crippen LogP contribution >= 0.6 is 22.6 Å². The molecule has 0 saturated carbocycles. The summed E-state index contributed by atoms with van der Waals surface area (Å²) in [5.41, 5.74) is 11.6. The normalized spacial score (nSPS) is 13.5. The molecule has 0 bridgehead atoms. The Morgan fingerprint density at radius 2 is 1.28 bits per heavy atom. The summed E-state index contributed by atoms with van der Waals surface area (Å²) in [7, 11) is 0. The lowest BCUT2D eigenvalue weighted by Crippen LogP contribution is -2.29. The first-order valence-corrected chi connectivity index (χ1v) is 12.5. The van der Waals surface area contributed by atoms with Crippen molar-refractivity contribution in [3.05, 3.63) is 122 Å². The molecule has 32 heavy (non-hydrogen) atoms. The van der Waals surface area contributed by atoms with Crippen LogP contribution < -0.4 is 5.32 Å². The Kier molecular flexibility index (Phi) is 5.58. The van der Waals surface area contributed by atoms with Crippen LogP contribution in [-0.4, -0.2) is 6.54 Å². The van der Waals surface area contributed by atoms with Crippen molar-refractivity contribution in [3.8, 4) is 11.1 Å². The number of hydrogen-bond donors (Lipinski definition) is 1. The van der Waals surface area contributed by atoms with Crippen LogP contribution in [0.3, 0.4) is 0 Å². The highest BCUT2D eigenvalue weighted by molar-refractivity contribution is 14.1. The smallest absolute Gasteiger partial charge is 0.0713 e. The van der Waals surface area contributed by atoms with Gasteiger partial charge >= 0.3 is 0 Å². The van der Waals surface area contributed by atoms with Crippen LogP contribution in [0, 0.1) is 17.4 Å². The van der Waals surface area contributed by atoms with E-state index in [0.717, 1.165) is 13.0 Å². The fourth-order valence-electron chi connectivity index (χ4n) is 5.26. The number of benzene rings is 4. The summed E-state index contributed by atoms with van der Waals surface area (Å²) in [6.45, 7) is 7.64. The zero-order valence-corrected chi connectivity index (χ0v) is 21.0. The molecule has 160 valence electrons. The maximum atomic E-state index is 3.59. The second kappa shape index (κ2) is 8.40. The molecular formula is C30H28IN. The molecule has 0 aromatic heterocycles. The van der Waals surface area contributed by atoms with Gasteiger partial charge in [0.05, 0.1) is 5.41 Å². The second-order valence-corrected chi connectivity index (χ2v) is 9.92. The SMILES string of the molecule is CCCNc1ccc(C2(c3ccc(I)c(C)c3)c3ccccc3-c3ccccc32)cc1C. The first-order chi connectivity index (χ1) is 15.6. The van der Waals surface area contributed by atoms with Gasteiger partial charge in [-0.2, -0.15) is 0 Å². The summed E-state index contributed by atoms with van der Waals surface area (Å²) in [6.07, 6.45) is 1.12. The van der Waals surface area contributed by atoms with Gasteiger partial charge in [-0.1, -0.05) is 79.7 Å². The molecular weight excluding hydrogens is 501 g/mol. The summed E-state index contributed by atoms with van der Waals surface area (Å²) in [5, 5.41) is 3.59. The van der Waals surface area contributed by atoms with Crippen LogP contribution in [0.25, 0.3) is 11.1 Å². The third-order valence-corrected chi connectivity index (χ3v) is 7.98. The third kappa shape index (κ3) is 3.19.